The molecule has 5 rings (SSSR count). The van der Waals surface area contributed by atoms with Crippen molar-refractivity contribution in [3.05, 3.63) is 59.7 Å². The van der Waals surface area contributed by atoms with E-state index >= 15 is 0 Å². The zero-order valence-electron chi connectivity index (χ0n) is 26.0. The molecule has 0 aliphatic carbocycles. The van der Waals surface area contributed by atoms with Gasteiger partial charge in [-0.2, -0.15) is 0 Å². The zero-order valence-corrected chi connectivity index (χ0v) is 26.0. The van der Waals surface area contributed by atoms with E-state index in [4.69, 9.17) is 4.74 Å². The second-order valence-electron chi connectivity index (χ2n) is 12.7. The fourth-order valence-corrected chi connectivity index (χ4v) is 5.54. The monoisotopic (exact) mass is 581 g/mol. The van der Waals surface area contributed by atoms with E-state index in [9.17, 15) is 9.59 Å². The Morgan fingerprint density at radius 3 is 2.42 bits per heavy atom. The van der Waals surface area contributed by atoms with Crippen LogP contribution in [0.4, 0.5) is 21.9 Å². The summed E-state index contributed by atoms with van der Waals surface area (Å²) in [4.78, 5) is 32.6. The molecular formula is C35H43N5O3. The smallest absolute Gasteiger partial charge is 0.323 e. The Balaban J connectivity index is 1.40. The zero-order chi connectivity index (χ0) is 30.6. The molecule has 43 heavy (non-hydrogen) atoms. The molecule has 2 heterocycles. The van der Waals surface area contributed by atoms with Gasteiger partial charge in [0.05, 0.1) is 23.6 Å². The summed E-state index contributed by atoms with van der Waals surface area (Å²) in [5, 5.41) is 7.99. The molecule has 0 aromatic heterocycles. The highest BCUT2D eigenvalue weighted by Crippen LogP contribution is 2.43. The van der Waals surface area contributed by atoms with Gasteiger partial charge in [-0.25, -0.2) is 4.79 Å². The third-order valence-corrected chi connectivity index (χ3v) is 8.03. The largest absolute Gasteiger partial charge is 0.479 e. The van der Waals surface area contributed by atoms with Crippen LogP contribution in [0.1, 0.15) is 51.2 Å². The van der Waals surface area contributed by atoms with Gasteiger partial charge in [-0.1, -0.05) is 63.3 Å². The number of hydrogen-bond donors (Lipinski definition) is 2. The summed E-state index contributed by atoms with van der Waals surface area (Å²) in [6.45, 7) is 10.5. The molecule has 0 saturated carbocycles. The van der Waals surface area contributed by atoms with E-state index in [1.54, 1.807) is 4.90 Å². The van der Waals surface area contributed by atoms with Crippen LogP contribution in [0.3, 0.4) is 0 Å². The molecule has 3 aromatic rings. The van der Waals surface area contributed by atoms with Crippen molar-refractivity contribution in [2.45, 2.75) is 45.4 Å². The molecule has 2 aliphatic heterocycles. The Bertz CT molecular complexity index is 1560. The summed E-state index contributed by atoms with van der Waals surface area (Å²) < 4.78 is 5.92. The van der Waals surface area contributed by atoms with Gasteiger partial charge in [-0.15, -0.1) is 0 Å². The Kier molecular flexibility index (Phi) is 9.24. The molecule has 0 spiro atoms. The molecule has 226 valence electrons. The van der Waals surface area contributed by atoms with Gasteiger partial charge >= 0.3 is 6.03 Å². The first-order chi connectivity index (χ1) is 20.6. The van der Waals surface area contributed by atoms with Crippen molar-refractivity contribution >= 4 is 39.8 Å². The third-order valence-electron chi connectivity index (χ3n) is 8.03. The Hall–Kier alpha value is -4.06. The number of nitrogens with zero attached hydrogens (tertiary/aromatic N) is 3. The number of amides is 3. The first-order valence-corrected chi connectivity index (χ1v) is 15.2. The molecule has 2 aliphatic rings. The molecule has 8 nitrogen and oxygen atoms in total. The summed E-state index contributed by atoms with van der Waals surface area (Å²) in [5.41, 5.74) is 3.63. The Labute approximate surface area is 255 Å². The topological polar surface area (TPSA) is 77.1 Å². The first kappa shape index (κ1) is 30.4. The number of fused-ring (bicyclic) bond motifs is 2. The fraction of sp³-hybridized carbons (Fsp3) is 0.429. The van der Waals surface area contributed by atoms with Crippen molar-refractivity contribution in [3.8, 4) is 17.6 Å². The highest BCUT2D eigenvalue weighted by Gasteiger charge is 2.30. The first-order valence-electron chi connectivity index (χ1n) is 15.2. The van der Waals surface area contributed by atoms with Crippen molar-refractivity contribution < 1.29 is 14.3 Å². The highest BCUT2D eigenvalue weighted by molar-refractivity contribution is 6.09. The second-order valence-corrected chi connectivity index (χ2v) is 12.7. The van der Waals surface area contributed by atoms with Crippen LogP contribution in [0.2, 0.25) is 0 Å². The lowest BCUT2D eigenvalue weighted by Gasteiger charge is -2.33. The fourth-order valence-electron chi connectivity index (χ4n) is 5.54. The van der Waals surface area contributed by atoms with Crippen molar-refractivity contribution in [1.82, 2.24) is 9.80 Å². The standard InChI is InChI=1S/C35H43N5O3/c1-35(2,3)26-22-30(33-31(23-26)40(21-20-38(4)5)32(41)24-43-33)37-34(42)36-29-16-15-25(27-13-7-8-14-28(27)29)12-11-19-39-17-9-6-10-18-39/h7-8,13-16,22-23H,6,9-10,17-21,24H2,1-5H3,(H2,36,37,42). The van der Waals surface area contributed by atoms with Crippen molar-refractivity contribution in [2.24, 2.45) is 0 Å². The molecule has 0 radical (unpaired) electrons. The summed E-state index contributed by atoms with van der Waals surface area (Å²) in [5.74, 6) is 7.13. The van der Waals surface area contributed by atoms with E-state index in [1.807, 2.05) is 67.5 Å². The minimum Gasteiger partial charge on any atom is -0.479 e. The number of piperidine rings is 1. The van der Waals surface area contributed by atoms with Crippen molar-refractivity contribution in [2.75, 3.05) is 69.0 Å². The van der Waals surface area contributed by atoms with E-state index in [-0.39, 0.29) is 24.0 Å². The van der Waals surface area contributed by atoms with E-state index in [1.165, 1.54) is 19.3 Å². The van der Waals surface area contributed by atoms with Gasteiger partial charge in [0.2, 0.25) is 0 Å². The number of anilines is 3. The van der Waals surface area contributed by atoms with Gasteiger partial charge < -0.3 is 25.2 Å². The predicted octanol–water partition coefficient (Wildman–Crippen LogP) is 5.91. The van der Waals surface area contributed by atoms with Gasteiger partial charge in [-0.05, 0) is 80.7 Å². The average molecular weight is 582 g/mol. The number of ether oxygens (including phenoxy) is 1. The van der Waals surface area contributed by atoms with Crippen LogP contribution in [-0.4, -0.2) is 75.2 Å². The van der Waals surface area contributed by atoms with Gasteiger partial charge in [0.1, 0.15) is 0 Å². The molecule has 0 bridgehead atoms. The number of likely N-dealkylation sites (N-methyl/N-ethyl adjacent to an activating group) is 1. The number of urea groups is 1. The van der Waals surface area contributed by atoms with Crippen LogP contribution in [0.25, 0.3) is 10.8 Å². The number of rotatable bonds is 6. The molecule has 0 unspecified atom stereocenters. The normalized spacial score (nSPS) is 15.5. The van der Waals surface area contributed by atoms with Crippen molar-refractivity contribution in [3.63, 3.8) is 0 Å². The maximum atomic E-state index is 13.5. The van der Waals surface area contributed by atoms with E-state index in [0.29, 0.717) is 35.9 Å². The number of carbonyl (C=O) groups excluding carboxylic acids is 2. The van der Waals surface area contributed by atoms with Crippen LogP contribution < -0.4 is 20.3 Å². The maximum absolute atomic E-state index is 13.5. The molecular weight excluding hydrogens is 538 g/mol. The molecule has 0 atom stereocenters. The number of carbonyl (C=O) groups is 2. The molecule has 1 fully saturated rings. The summed E-state index contributed by atoms with van der Waals surface area (Å²) in [6.07, 6.45) is 3.80. The quantitative estimate of drug-likeness (QED) is 0.354. The summed E-state index contributed by atoms with van der Waals surface area (Å²) in [6, 6.07) is 15.4. The minimum absolute atomic E-state index is 0.0729. The molecule has 3 amide bonds. The summed E-state index contributed by atoms with van der Waals surface area (Å²) >= 11 is 0. The lowest BCUT2D eigenvalue weighted by molar-refractivity contribution is -0.121. The minimum atomic E-state index is -0.386. The number of nitrogens with one attached hydrogen (secondary N) is 2. The van der Waals surface area contributed by atoms with Gasteiger partial charge in [0.15, 0.2) is 12.4 Å². The maximum Gasteiger partial charge on any atom is 0.323 e. The van der Waals surface area contributed by atoms with Gasteiger partial charge in [0.25, 0.3) is 5.91 Å². The lowest BCUT2D eigenvalue weighted by Crippen LogP contribution is -2.42. The van der Waals surface area contributed by atoms with Gasteiger partial charge in [0, 0.05) is 24.0 Å². The number of hydrogen-bond acceptors (Lipinski definition) is 5. The van der Waals surface area contributed by atoms with Crippen molar-refractivity contribution in [1.29, 1.82) is 0 Å². The third kappa shape index (κ3) is 7.30. The number of likely N-dealkylation sites (tertiary alicyclic amines) is 1. The average Bonchev–Trinajstić information content (AvgIpc) is 2.97. The Morgan fingerprint density at radius 2 is 1.70 bits per heavy atom. The molecule has 2 N–H and O–H groups in total. The van der Waals surface area contributed by atoms with E-state index < -0.39 is 0 Å². The molecule has 1 saturated heterocycles. The Morgan fingerprint density at radius 1 is 0.977 bits per heavy atom. The predicted molar refractivity (Wildman–Crippen MR) is 175 cm³/mol. The van der Waals surface area contributed by atoms with Crippen LogP contribution in [0.5, 0.6) is 5.75 Å². The SMILES string of the molecule is CN(C)CCN1C(=O)COc2c(NC(=O)Nc3ccc(C#CCN4CCCCC4)c4ccccc34)cc(C(C)(C)C)cc21. The van der Waals surface area contributed by atoms with Gasteiger partial charge in [-0.3, -0.25) is 9.69 Å². The van der Waals surface area contributed by atoms with Crippen LogP contribution in [0.15, 0.2) is 48.5 Å². The van der Waals surface area contributed by atoms with Crippen LogP contribution in [0, 0.1) is 11.8 Å². The lowest BCUT2D eigenvalue weighted by atomic mass is 9.86. The van der Waals surface area contributed by atoms with Crippen LogP contribution in [-0.2, 0) is 10.2 Å². The number of benzene rings is 3. The molecule has 3 aromatic carbocycles. The highest BCUT2D eigenvalue weighted by atomic mass is 16.5. The second kappa shape index (κ2) is 13.1. The van der Waals surface area contributed by atoms with E-state index in [2.05, 4.69) is 48.1 Å². The van der Waals surface area contributed by atoms with E-state index in [0.717, 1.165) is 41.5 Å². The van der Waals surface area contributed by atoms with Crippen LogP contribution >= 0.6 is 0 Å². The molecule has 8 heteroatoms. The summed E-state index contributed by atoms with van der Waals surface area (Å²) in [7, 11) is 3.96.